The van der Waals surface area contributed by atoms with Gasteiger partial charge in [0, 0.05) is 24.8 Å². The molecule has 1 heterocycles. The topological polar surface area (TPSA) is 34.1 Å². The molecule has 1 aliphatic carbocycles. The largest absolute Gasteiger partial charge is 0.493 e. The van der Waals surface area contributed by atoms with Crippen LogP contribution in [-0.2, 0) is 6.54 Å². The van der Waals surface area contributed by atoms with E-state index in [4.69, 9.17) is 4.74 Å². The summed E-state index contributed by atoms with van der Waals surface area (Å²) >= 11 is 0. The van der Waals surface area contributed by atoms with Crippen molar-refractivity contribution in [3.8, 4) is 5.75 Å². The zero-order valence-electron chi connectivity index (χ0n) is 11.7. The van der Waals surface area contributed by atoms with Crippen molar-refractivity contribution in [2.24, 2.45) is 5.41 Å². The minimum Gasteiger partial charge on any atom is -0.493 e. The van der Waals surface area contributed by atoms with Gasteiger partial charge >= 0.3 is 0 Å². The van der Waals surface area contributed by atoms with Crippen LogP contribution in [-0.4, -0.2) is 17.6 Å². The number of hydrogen-bond acceptors (Lipinski definition) is 3. The van der Waals surface area contributed by atoms with Gasteiger partial charge in [-0.15, -0.1) is 0 Å². The molecule has 0 unspecified atom stereocenters. The van der Waals surface area contributed by atoms with E-state index in [9.17, 15) is 0 Å². The van der Waals surface area contributed by atoms with E-state index in [1.54, 1.807) is 0 Å². The lowest BCUT2D eigenvalue weighted by Gasteiger charge is -2.18. The van der Waals surface area contributed by atoms with Crippen LogP contribution in [0.3, 0.4) is 0 Å². The Balaban J connectivity index is 1.78. The number of nitrogens with zero attached hydrogens (tertiary/aromatic N) is 1. The van der Waals surface area contributed by atoms with Gasteiger partial charge in [0.25, 0.3) is 0 Å². The lowest BCUT2D eigenvalue weighted by molar-refractivity contribution is 0.242. The van der Waals surface area contributed by atoms with E-state index in [-0.39, 0.29) is 0 Å². The first-order valence-corrected chi connectivity index (χ1v) is 6.84. The van der Waals surface area contributed by atoms with E-state index >= 15 is 0 Å². The van der Waals surface area contributed by atoms with Crippen molar-refractivity contribution in [3.63, 3.8) is 0 Å². The molecule has 0 amide bonds. The molecular weight excluding hydrogens is 224 g/mol. The second-order valence-electron chi connectivity index (χ2n) is 6.30. The lowest BCUT2D eigenvalue weighted by atomic mass is 9.93. The first kappa shape index (κ1) is 13.3. The molecule has 1 aromatic heterocycles. The predicted molar refractivity (Wildman–Crippen MR) is 73.7 cm³/mol. The van der Waals surface area contributed by atoms with Gasteiger partial charge in [0.05, 0.1) is 12.3 Å². The number of hydrogen-bond donors (Lipinski definition) is 1. The number of pyridine rings is 1. The average molecular weight is 248 g/mol. The molecule has 1 aromatic rings. The minimum absolute atomic E-state index is 0.323. The Morgan fingerprint density at radius 1 is 1.39 bits per heavy atom. The van der Waals surface area contributed by atoms with Gasteiger partial charge in [-0.05, 0) is 30.7 Å². The molecule has 0 spiro atoms. The summed E-state index contributed by atoms with van der Waals surface area (Å²) in [5.41, 5.74) is 1.39. The molecule has 1 N–H and O–H groups in total. The van der Waals surface area contributed by atoms with Gasteiger partial charge in [0.1, 0.15) is 5.75 Å². The Kier molecular flexibility index (Phi) is 4.23. The first-order chi connectivity index (χ1) is 8.53. The monoisotopic (exact) mass is 248 g/mol. The fourth-order valence-corrected chi connectivity index (χ4v) is 1.65. The van der Waals surface area contributed by atoms with Crippen molar-refractivity contribution >= 4 is 0 Å². The summed E-state index contributed by atoms with van der Waals surface area (Å²) in [4.78, 5) is 4.35. The third kappa shape index (κ3) is 5.05. The molecule has 0 saturated heterocycles. The number of ether oxygens (including phenoxy) is 1. The summed E-state index contributed by atoms with van der Waals surface area (Å²) in [5, 5.41) is 3.46. The number of rotatable bonds is 6. The van der Waals surface area contributed by atoms with Crippen LogP contribution < -0.4 is 10.1 Å². The fourth-order valence-electron chi connectivity index (χ4n) is 1.65. The highest BCUT2D eigenvalue weighted by Crippen LogP contribution is 2.21. The van der Waals surface area contributed by atoms with Crippen molar-refractivity contribution in [2.45, 2.75) is 52.6 Å². The second-order valence-corrected chi connectivity index (χ2v) is 6.30. The molecule has 0 radical (unpaired) electrons. The molecule has 1 fully saturated rings. The van der Waals surface area contributed by atoms with Gasteiger partial charge < -0.3 is 10.1 Å². The highest BCUT2D eigenvalue weighted by atomic mass is 16.5. The molecular formula is C15H24N2O. The molecule has 3 nitrogen and oxygen atoms in total. The number of nitrogens with one attached hydrogen (secondary N) is 1. The van der Waals surface area contributed by atoms with Crippen LogP contribution in [0.5, 0.6) is 5.75 Å². The molecule has 18 heavy (non-hydrogen) atoms. The molecule has 0 aromatic carbocycles. The van der Waals surface area contributed by atoms with Gasteiger partial charge in [-0.1, -0.05) is 20.8 Å². The zero-order valence-corrected chi connectivity index (χ0v) is 11.7. The Morgan fingerprint density at radius 2 is 2.17 bits per heavy atom. The Bertz CT molecular complexity index is 380. The van der Waals surface area contributed by atoms with Crippen LogP contribution in [0.2, 0.25) is 0 Å². The van der Waals surface area contributed by atoms with Crippen LogP contribution in [0.1, 0.15) is 45.7 Å². The standard InChI is InChI=1S/C15H24N2O/c1-15(2,3)7-9-18-14-6-8-16-13(10-14)11-17-12-4-5-12/h6,8,10,12,17H,4-5,7,9,11H2,1-3H3. The van der Waals surface area contributed by atoms with E-state index in [1.165, 1.54) is 12.8 Å². The molecule has 2 rings (SSSR count). The lowest BCUT2D eigenvalue weighted by Crippen LogP contribution is -2.16. The van der Waals surface area contributed by atoms with E-state index in [0.29, 0.717) is 5.41 Å². The Morgan fingerprint density at radius 3 is 2.83 bits per heavy atom. The smallest absolute Gasteiger partial charge is 0.122 e. The van der Waals surface area contributed by atoms with E-state index in [0.717, 1.165) is 37.1 Å². The summed E-state index contributed by atoms with van der Waals surface area (Å²) < 4.78 is 5.78. The highest BCUT2D eigenvalue weighted by Gasteiger charge is 2.20. The third-order valence-electron chi connectivity index (χ3n) is 3.06. The van der Waals surface area contributed by atoms with Crippen molar-refractivity contribution in [1.82, 2.24) is 10.3 Å². The third-order valence-corrected chi connectivity index (χ3v) is 3.06. The second kappa shape index (κ2) is 5.70. The van der Waals surface area contributed by atoms with Gasteiger partial charge in [0.2, 0.25) is 0 Å². The van der Waals surface area contributed by atoms with E-state index in [1.807, 2.05) is 18.3 Å². The van der Waals surface area contributed by atoms with Gasteiger partial charge in [0.15, 0.2) is 0 Å². The summed E-state index contributed by atoms with van der Waals surface area (Å²) in [6.45, 7) is 8.31. The zero-order chi connectivity index (χ0) is 13.0. The maximum Gasteiger partial charge on any atom is 0.122 e. The van der Waals surface area contributed by atoms with Crippen LogP contribution >= 0.6 is 0 Å². The Labute approximate surface area is 110 Å². The maximum atomic E-state index is 5.78. The van der Waals surface area contributed by atoms with Crippen molar-refractivity contribution in [2.75, 3.05) is 6.61 Å². The van der Waals surface area contributed by atoms with Crippen molar-refractivity contribution in [3.05, 3.63) is 24.0 Å². The molecule has 100 valence electrons. The summed E-state index contributed by atoms with van der Waals surface area (Å²) in [6.07, 6.45) is 5.50. The highest BCUT2D eigenvalue weighted by molar-refractivity contribution is 5.22. The maximum absolute atomic E-state index is 5.78. The molecule has 0 bridgehead atoms. The summed E-state index contributed by atoms with van der Waals surface area (Å²) in [7, 11) is 0. The number of aromatic nitrogens is 1. The van der Waals surface area contributed by atoms with Crippen molar-refractivity contribution in [1.29, 1.82) is 0 Å². The van der Waals surface area contributed by atoms with Crippen molar-refractivity contribution < 1.29 is 4.74 Å². The fraction of sp³-hybridized carbons (Fsp3) is 0.667. The average Bonchev–Trinajstić information content (AvgIpc) is 3.09. The molecule has 1 saturated carbocycles. The molecule has 3 heteroatoms. The normalized spacial score (nSPS) is 15.7. The summed E-state index contributed by atoms with van der Waals surface area (Å²) in [6, 6.07) is 4.69. The SMILES string of the molecule is CC(C)(C)CCOc1ccnc(CNC2CC2)c1. The van der Waals surface area contributed by atoms with Crippen LogP contribution in [0.4, 0.5) is 0 Å². The molecule has 0 atom stereocenters. The van der Waals surface area contributed by atoms with Crippen LogP contribution in [0.25, 0.3) is 0 Å². The molecule has 0 aliphatic heterocycles. The van der Waals surface area contributed by atoms with E-state index in [2.05, 4.69) is 31.1 Å². The van der Waals surface area contributed by atoms with Gasteiger partial charge in [-0.2, -0.15) is 0 Å². The quantitative estimate of drug-likeness (QED) is 0.839. The van der Waals surface area contributed by atoms with Crippen LogP contribution in [0.15, 0.2) is 18.3 Å². The predicted octanol–water partition coefficient (Wildman–Crippen LogP) is 3.15. The van der Waals surface area contributed by atoms with Crippen LogP contribution in [0, 0.1) is 5.41 Å². The van der Waals surface area contributed by atoms with Gasteiger partial charge in [-0.25, -0.2) is 0 Å². The summed E-state index contributed by atoms with van der Waals surface area (Å²) in [5.74, 6) is 0.932. The first-order valence-electron chi connectivity index (χ1n) is 6.84. The van der Waals surface area contributed by atoms with Gasteiger partial charge in [-0.3, -0.25) is 4.98 Å². The Hall–Kier alpha value is -1.09. The molecule has 1 aliphatic rings. The minimum atomic E-state index is 0.323. The van der Waals surface area contributed by atoms with E-state index < -0.39 is 0 Å².